The first-order chi connectivity index (χ1) is 4.37. The van der Waals surface area contributed by atoms with Gasteiger partial charge in [-0.1, -0.05) is 13.3 Å². The number of hydrogen-bond acceptors (Lipinski definition) is 0. The van der Waals surface area contributed by atoms with Gasteiger partial charge in [-0.3, -0.25) is 0 Å². The summed E-state index contributed by atoms with van der Waals surface area (Å²) in [5, 5.41) is 0. The molecule has 0 amide bonds. The monoisotopic (exact) mass is 120 g/mol. The first-order valence-electron chi connectivity index (χ1n) is 3.83. The highest BCUT2D eigenvalue weighted by Gasteiger charge is 2.52. The molecule has 0 saturated heterocycles. The van der Waals surface area contributed by atoms with Gasteiger partial charge in [0, 0.05) is 12.8 Å². The van der Waals surface area contributed by atoms with Crippen LogP contribution in [0.3, 0.4) is 0 Å². The van der Waals surface area contributed by atoms with E-state index in [9.17, 15) is 0 Å². The molecular weight excluding hydrogens is 108 g/mol. The summed E-state index contributed by atoms with van der Waals surface area (Å²) < 4.78 is 0. The molecule has 9 heavy (non-hydrogen) atoms. The Morgan fingerprint density at radius 1 is 1.44 bits per heavy atom. The maximum absolute atomic E-state index is 3.19. The largest absolute Gasteiger partial charge is 0.103 e. The van der Waals surface area contributed by atoms with Crippen molar-refractivity contribution in [2.45, 2.75) is 32.6 Å². The lowest BCUT2D eigenvalue weighted by molar-refractivity contribution is 0.486. The average Bonchev–Trinajstić information content (AvgIpc) is 2.30. The summed E-state index contributed by atoms with van der Waals surface area (Å²) in [5.74, 6) is 7.39. The van der Waals surface area contributed by atoms with E-state index in [-0.39, 0.29) is 0 Å². The zero-order valence-corrected chi connectivity index (χ0v) is 5.91. The van der Waals surface area contributed by atoms with Crippen molar-refractivity contribution >= 4 is 0 Å². The molecule has 1 saturated carbocycles. The number of hydrogen-bond donors (Lipinski definition) is 0. The van der Waals surface area contributed by atoms with Crippen LogP contribution in [-0.4, -0.2) is 0 Å². The van der Waals surface area contributed by atoms with E-state index >= 15 is 0 Å². The van der Waals surface area contributed by atoms with E-state index in [1.807, 2.05) is 0 Å². The van der Waals surface area contributed by atoms with Gasteiger partial charge in [0.15, 0.2) is 0 Å². The van der Waals surface area contributed by atoms with Crippen LogP contribution in [0.2, 0.25) is 0 Å². The standard InChI is InChI=1S/C9H12/c1-2-8-7-9(8)5-3-4-6-9/h8H,2,5-7H2,1H3. The molecule has 0 heteroatoms. The lowest BCUT2D eigenvalue weighted by Gasteiger charge is -2.03. The van der Waals surface area contributed by atoms with Crippen molar-refractivity contribution in [3.63, 3.8) is 0 Å². The fourth-order valence-electron chi connectivity index (χ4n) is 1.98. The van der Waals surface area contributed by atoms with Crippen molar-refractivity contribution in [3.8, 4) is 11.8 Å². The molecule has 0 nitrogen and oxygen atoms in total. The molecule has 2 rings (SSSR count). The van der Waals surface area contributed by atoms with E-state index in [1.165, 1.54) is 25.7 Å². The molecule has 0 N–H and O–H groups in total. The SMILES string of the molecule is CCC1CC12CC#CC2. The summed E-state index contributed by atoms with van der Waals surface area (Å²) in [4.78, 5) is 0. The van der Waals surface area contributed by atoms with Crippen molar-refractivity contribution in [3.05, 3.63) is 0 Å². The van der Waals surface area contributed by atoms with Crippen LogP contribution in [0.4, 0.5) is 0 Å². The minimum absolute atomic E-state index is 0.689. The first-order valence-corrected chi connectivity index (χ1v) is 3.83. The minimum atomic E-state index is 0.689. The summed E-state index contributed by atoms with van der Waals surface area (Å²) in [7, 11) is 0. The molecule has 0 bridgehead atoms. The molecule has 2 aliphatic rings. The fourth-order valence-corrected chi connectivity index (χ4v) is 1.98. The van der Waals surface area contributed by atoms with E-state index in [1.54, 1.807) is 0 Å². The fraction of sp³-hybridized carbons (Fsp3) is 0.778. The molecule has 1 unspecified atom stereocenters. The third-order valence-electron chi connectivity index (χ3n) is 2.86. The summed E-state index contributed by atoms with van der Waals surface area (Å²) in [6.07, 6.45) is 5.21. The molecule has 0 aromatic carbocycles. The molecular formula is C9H12. The maximum Gasteiger partial charge on any atom is 0.0157 e. The van der Waals surface area contributed by atoms with Crippen molar-refractivity contribution in [1.29, 1.82) is 0 Å². The molecule has 1 fully saturated rings. The number of rotatable bonds is 1. The molecule has 0 radical (unpaired) electrons. The Hall–Kier alpha value is -0.440. The van der Waals surface area contributed by atoms with E-state index in [0.29, 0.717) is 5.41 Å². The third kappa shape index (κ3) is 0.611. The minimum Gasteiger partial charge on any atom is -0.103 e. The van der Waals surface area contributed by atoms with E-state index in [0.717, 1.165) is 5.92 Å². The molecule has 0 aliphatic heterocycles. The first kappa shape index (κ1) is 5.35. The maximum atomic E-state index is 3.19. The summed E-state index contributed by atoms with van der Waals surface area (Å²) in [6, 6.07) is 0. The summed E-state index contributed by atoms with van der Waals surface area (Å²) >= 11 is 0. The van der Waals surface area contributed by atoms with Crippen LogP contribution < -0.4 is 0 Å². The topological polar surface area (TPSA) is 0 Å². The van der Waals surface area contributed by atoms with E-state index in [2.05, 4.69) is 18.8 Å². The second kappa shape index (κ2) is 1.53. The molecule has 1 atom stereocenters. The molecule has 0 aromatic heterocycles. The Kier molecular flexibility index (Phi) is 0.913. The molecule has 2 aliphatic carbocycles. The van der Waals surface area contributed by atoms with Crippen molar-refractivity contribution < 1.29 is 0 Å². The third-order valence-corrected chi connectivity index (χ3v) is 2.86. The molecule has 48 valence electrons. The Labute approximate surface area is 56.6 Å². The lowest BCUT2D eigenvalue weighted by Crippen LogP contribution is -1.96. The predicted octanol–water partition coefficient (Wildman–Crippen LogP) is 2.20. The smallest absolute Gasteiger partial charge is 0.0157 e. The van der Waals surface area contributed by atoms with Gasteiger partial charge in [0.2, 0.25) is 0 Å². The molecule has 0 aromatic rings. The van der Waals surface area contributed by atoms with Gasteiger partial charge >= 0.3 is 0 Å². The Bertz CT molecular complexity index is 170. The van der Waals surface area contributed by atoms with Crippen LogP contribution in [0.25, 0.3) is 0 Å². The van der Waals surface area contributed by atoms with Gasteiger partial charge in [-0.2, -0.15) is 0 Å². The van der Waals surface area contributed by atoms with E-state index < -0.39 is 0 Å². The van der Waals surface area contributed by atoms with Crippen LogP contribution in [-0.2, 0) is 0 Å². The quantitative estimate of drug-likeness (QED) is 0.465. The van der Waals surface area contributed by atoms with Gasteiger partial charge in [0.25, 0.3) is 0 Å². The van der Waals surface area contributed by atoms with Gasteiger partial charge in [-0.05, 0) is 17.8 Å². The normalized spacial score (nSPS) is 34.1. The van der Waals surface area contributed by atoms with Gasteiger partial charge in [-0.25, -0.2) is 0 Å². The van der Waals surface area contributed by atoms with Crippen LogP contribution in [0, 0.1) is 23.2 Å². The highest BCUT2D eigenvalue weighted by atomic mass is 14.6. The lowest BCUT2D eigenvalue weighted by atomic mass is 10.00. The van der Waals surface area contributed by atoms with Crippen LogP contribution in [0.15, 0.2) is 0 Å². The van der Waals surface area contributed by atoms with Crippen LogP contribution in [0.1, 0.15) is 32.6 Å². The second-order valence-corrected chi connectivity index (χ2v) is 3.38. The summed E-state index contributed by atoms with van der Waals surface area (Å²) in [5.41, 5.74) is 0.689. The van der Waals surface area contributed by atoms with Gasteiger partial charge in [0.1, 0.15) is 0 Å². The highest BCUT2D eigenvalue weighted by molar-refractivity contribution is 5.22. The highest BCUT2D eigenvalue weighted by Crippen LogP contribution is 2.60. The zero-order valence-electron chi connectivity index (χ0n) is 5.91. The predicted molar refractivity (Wildman–Crippen MR) is 37.8 cm³/mol. The van der Waals surface area contributed by atoms with Gasteiger partial charge < -0.3 is 0 Å². The van der Waals surface area contributed by atoms with Crippen LogP contribution >= 0.6 is 0 Å². The Morgan fingerprint density at radius 3 is 2.56 bits per heavy atom. The van der Waals surface area contributed by atoms with Gasteiger partial charge in [-0.15, -0.1) is 11.8 Å². The van der Waals surface area contributed by atoms with Crippen LogP contribution in [0.5, 0.6) is 0 Å². The van der Waals surface area contributed by atoms with Gasteiger partial charge in [0.05, 0.1) is 0 Å². The summed E-state index contributed by atoms with van der Waals surface area (Å²) in [6.45, 7) is 2.29. The van der Waals surface area contributed by atoms with E-state index in [4.69, 9.17) is 0 Å². The Balaban J connectivity index is 2.01. The van der Waals surface area contributed by atoms with Crippen molar-refractivity contribution in [2.75, 3.05) is 0 Å². The van der Waals surface area contributed by atoms with Crippen molar-refractivity contribution in [1.82, 2.24) is 0 Å². The molecule has 1 spiro atoms. The molecule has 0 heterocycles. The average molecular weight is 120 g/mol. The van der Waals surface area contributed by atoms with Crippen molar-refractivity contribution in [2.24, 2.45) is 11.3 Å². The zero-order chi connectivity index (χ0) is 6.32. The second-order valence-electron chi connectivity index (χ2n) is 3.38. The Morgan fingerprint density at radius 2 is 2.11 bits per heavy atom.